The number of hydrogen-bond acceptors (Lipinski definition) is 3. The van der Waals surface area contributed by atoms with E-state index < -0.39 is 0 Å². The Kier molecular flexibility index (Phi) is 5.21. The average molecular weight is 278 g/mol. The number of hydrogen-bond donors (Lipinski definition) is 1. The Labute approximate surface area is 120 Å². The van der Waals surface area contributed by atoms with Gasteiger partial charge in [0.15, 0.2) is 0 Å². The minimum atomic E-state index is 0.588. The van der Waals surface area contributed by atoms with E-state index in [4.69, 9.17) is 16.9 Å². The molecule has 0 amide bonds. The van der Waals surface area contributed by atoms with Crippen LogP contribution in [0.2, 0.25) is 5.02 Å². The standard InChI is InChI=1S/C15H20ClN3/c1-2-19(14-4-3-7-18-10-14)11-13-6-5-12(9-17)8-15(13)16/h5-6,8,14,18H,2-4,7,10-11H2,1H3. The molecule has 1 unspecified atom stereocenters. The first kappa shape index (κ1) is 14.3. The molecule has 1 aromatic rings. The van der Waals surface area contributed by atoms with E-state index >= 15 is 0 Å². The van der Waals surface area contributed by atoms with Crippen LogP contribution in [-0.2, 0) is 6.54 Å². The number of benzene rings is 1. The molecule has 102 valence electrons. The fraction of sp³-hybridized carbons (Fsp3) is 0.533. The molecule has 3 nitrogen and oxygen atoms in total. The number of nitriles is 1. The molecule has 0 spiro atoms. The smallest absolute Gasteiger partial charge is 0.0992 e. The van der Waals surface area contributed by atoms with Gasteiger partial charge in [-0.25, -0.2) is 0 Å². The molecule has 1 aliphatic heterocycles. The van der Waals surface area contributed by atoms with Crippen LogP contribution in [0.15, 0.2) is 18.2 Å². The Bertz CT molecular complexity index is 461. The molecule has 1 N–H and O–H groups in total. The molecule has 1 aromatic carbocycles. The van der Waals surface area contributed by atoms with Crippen molar-refractivity contribution in [2.75, 3.05) is 19.6 Å². The van der Waals surface area contributed by atoms with Crippen LogP contribution in [-0.4, -0.2) is 30.6 Å². The van der Waals surface area contributed by atoms with E-state index in [0.717, 1.165) is 31.7 Å². The lowest BCUT2D eigenvalue weighted by Gasteiger charge is -2.34. The van der Waals surface area contributed by atoms with Gasteiger partial charge in [-0.15, -0.1) is 0 Å². The molecule has 1 fully saturated rings. The van der Waals surface area contributed by atoms with Crippen LogP contribution >= 0.6 is 11.6 Å². The zero-order valence-corrected chi connectivity index (χ0v) is 12.1. The highest BCUT2D eigenvalue weighted by Crippen LogP contribution is 2.21. The summed E-state index contributed by atoms with van der Waals surface area (Å²) in [6.07, 6.45) is 2.48. The normalized spacial score (nSPS) is 19.4. The Hall–Kier alpha value is -1.08. The van der Waals surface area contributed by atoms with E-state index in [2.05, 4.69) is 23.2 Å². The molecule has 1 atom stereocenters. The fourth-order valence-electron chi connectivity index (χ4n) is 2.61. The summed E-state index contributed by atoms with van der Waals surface area (Å²) < 4.78 is 0. The highest BCUT2D eigenvalue weighted by Gasteiger charge is 2.20. The van der Waals surface area contributed by atoms with E-state index in [-0.39, 0.29) is 0 Å². The van der Waals surface area contributed by atoms with E-state index in [9.17, 15) is 0 Å². The molecule has 0 aliphatic carbocycles. The lowest BCUT2D eigenvalue weighted by Crippen LogP contribution is -2.45. The molecule has 1 aliphatic rings. The van der Waals surface area contributed by atoms with Crippen LogP contribution < -0.4 is 5.32 Å². The molecule has 0 aromatic heterocycles. The van der Waals surface area contributed by atoms with Crippen LogP contribution in [0.5, 0.6) is 0 Å². The van der Waals surface area contributed by atoms with E-state index in [1.807, 2.05) is 12.1 Å². The number of halogens is 1. The first-order valence-electron chi connectivity index (χ1n) is 6.88. The largest absolute Gasteiger partial charge is 0.315 e. The van der Waals surface area contributed by atoms with Crippen molar-refractivity contribution in [1.29, 1.82) is 5.26 Å². The van der Waals surface area contributed by atoms with Gasteiger partial charge in [0, 0.05) is 24.2 Å². The SMILES string of the molecule is CCN(Cc1ccc(C#N)cc1Cl)C1CCCNC1. The minimum absolute atomic E-state index is 0.588. The first-order chi connectivity index (χ1) is 9.24. The second-order valence-electron chi connectivity index (χ2n) is 4.98. The predicted octanol–water partition coefficient (Wildman–Crippen LogP) is 2.79. The summed E-state index contributed by atoms with van der Waals surface area (Å²) in [5.41, 5.74) is 1.73. The van der Waals surface area contributed by atoms with Crippen LogP contribution in [0.25, 0.3) is 0 Å². The van der Waals surface area contributed by atoms with Gasteiger partial charge in [0.25, 0.3) is 0 Å². The summed E-state index contributed by atoms with van der Waals surface area (Å²) in [5, 5.41) is 13.0. The molecule has 2 rings (SSSR count). The topological polar surface area (TPSA) is 39.1 Å². The third-order valence-electron chi connectivity index (χ3n) is 3.75. The van der Waals surface area contributed by atoms with Crippen LogP contribution in [0, 0.1) is 11.3 Å². The second-order valence-corrected chi connectivity index (χ2v) is 5.39. The maximum atomic E-state index is 8.86. The monoisotopic (exact) mass is 277 g/mol. The number of nitrogens with one attached hydrogen (secondary N) is 1. The van der Waals surface area contributed by atoms with E-state index in [1.165, 1.54) is 12.8 Å². The highest BCUT2D eigenvalue weighted by atomic mass is 35.5. The van der Waals surface area contributed by atoms with Crippen molar-refractivity contribution < 1.29 is 0 Å². The third kappa shape index (κ3) is 3.70. The lowest BCUT2D eigenvalue weighted by molar-refractivity contribution is 0.166. The Morgan fingerprint density at radius 1 is 1.53 bits per heavy atom. The molecule has 0 bridgehead atoms. The van der Waals surface area contributed by atoms with Gasteiger partial charge in [-0.2, -0.15) is 5.26 Å². The Balaban J connectivity index is 2.07. The van der Waals surface area contributed by atoms with Crippen molar-refractivity contribution in [3.8, 4) is 6.07 Å². The van der Waals surface area contributed by atoms with Crippen molar-refractivity contribution in [3.05, 3.63) is 34.3 Å². The van der Waals surface area contributed by atoms with Crippen molar-refractivity contribution in [2.45, 2.75) is 32.4 Å². The average Bonchev–Trinajstić information content (AvgIpc) is 2.47. The summed E-state index contributed by atoms with van der Waals surface area (Å²) in [4.78, 5) is 2.46. The van der Waals surface area contributed by atoms with Gasteiger partial charge in [-0.3, -0.25) is 4.90 Å². The van der Waals surface area contributed by atoms with Crippen LogP contribution in [0.3, 0.4) is 0 Å². The Morgan fingerprint density at radius 3 is 2.95 bits per heavy atom. The molecule has 4 heteroatoms. The predicted molar refractivity (Wildman–Crippen MR) is 78.1 cm³/mol. The van der Waals surface area contributed by atoms with Crippen molar-refractivity contribution >= 4 is 11.6 Å². The zero-order valence-electron chi connectivity index (χ0n) is 11.3. The van der Waals surface area contributed by atoms with E-state index in [1.54, 1.807) is 6.07 Å². The summed E-state index contributed by atoms with van der Waals surface area (Å²) in [5.74, 6) is 0. The maximum absolute atomic E-state index is 8.86. The number of likely N-dealkylation sites (N-methyl/N-ethyl adjacent to an activating group) is 1. The molecule has 19 heavy (non-hydrogen) atoms. The van der Waals surface area contributed by atoms with Gasteiger partial charge < -0.3 is 5.32 Å². The number of rotatable bonds is 4. The second kappa shape index (κ2) is 6.91. The molecule has 0 radical (unpaired) electrons. The molecule has 0 saturated carbocycles. The molecule has 1 saturated heterocycles. The van der Waals surface area contributed by atoms with Crippen molar-refractivity contribution in [1.82, 2.24) is 10.2 Å². The summed E-state index contributed by atoms with van der Waals surface area (Å²) >= 11 is 6.25. The summed E-state index contributed by atoms with van der Waals surface area (Å²) in [6, 6.07) is 8.27. The van der Waals surface area contributed by atoms with Gasteiger partial charge in [0.1, 0.15) is 0 Å². The van der Waals surface area contributed by atoms with Crippen LogP contribution in [0.1, 0.15) is 30.9 Å². The van der Waals surface area contributed by atoms with Gasteiger partial charge >= 0.3 is 0 Å². The van der Waals surface area contributed by atoms with Gasteiger partial charge in [-0.1, -0.05) is 24.6 Å². The van der Waals surface area contributed by atoms with Gasteiger partial charge in [0.2, 0.25) is 0 Å². The van der Waals surface area contributed by atoms with Gasteiger partial charge in [-0.05, 0) is 43.6 Å². The van der Waals surface area contributed by atoms with Crippen molar-refractivity contribution in [2.24, 2.45) is 0 Å². The highest BCUT2D eigenvalue weighted by molar-refractivity contribution is 6.31. The van der Waals surface area contributed by atoms with E-state index in [0.29, 0.717) is 16.6 Å². The first-order valence-corrected chi connectivity index (χ1v) is 7.25. The molecule has 1 heterocycles. The molecular weight excluding hydrogens is 258 g/mol. The quantitative estimate of drug-likeness (QED) is 0.920. The summed E-state index contributed by atoms with van der Waals surface area (Å²) in [6.45, 7) is 6.25. The number of nitrogens with zero attached hydrogens (tertiary/aromatic N) is 2. The third-order valence-corrected chi connectivity index (χ3v) is 4.10. The summed E-state index contributed by atoms with van der Waals surface area (Å²) in [7, 11) is 0. The molecular formula is C15H20ClN3. The van der Waals surface area contributed by atoms with Crippen LogP contribution in [0.4, 0.5) is 0 Å². The minimum Gasteiger partial charge on any atom is -0.315 e. The Morgan fingerprint density at radius 2 is 2.37 bits per heavy atom. The zero-order chi connectivity index (χ0) is 13.7. The van der Waals surface area contributed by atoms with Crippen molar-refractivity contribution in [3.63, 3.8) is 0 Å². The fourth-order valence-corrected chi connectivity index (χ4v) is 2.85. The maximum Gasteiger partial charge on any atom is 0.0992 e. The number of piperidine rings is 1. The lowest BCUT2D eigenvalue weighted by atomic mass is 10.0. The van der Waals surface area contributed by atoms with Gasteiger partial charge in [0.05, 0.1) is 11.6 Å².